The zero-order valence-corrected chi connectivity index (χ0v) is 11.5. The van der Waals surface area contributed by atoms with Crippen LogP contribution >= 0.6 is 0 Å². The van der Waals surface area contributed by atoms with E-state index in [-0.39, 0.29) is 6.10 Å². The van der Waals surface area contributed by atoms with Crippen LogP contribution in [0.15, 0.2) is 22.7 Å². The molecule has 2 aromatic rings. The molecule has 2 N–H and O–H groups in total. The molecular weight excluding hydrogens is 242 g/mol. The van der Waals surface area contributed by atoms with E-state index < -0.39 is 0 Å². The fraction of sp³-hybridized carbons (Fsp3) is 0.429. The molecule has 0 fully saturated rings. The molecule has 0 saturated heterocycles. The molecule has 0 radical (unpaired) electrons. The number of nitrogens with two attached hydrogens (primary N) is 1. The van der Waals surface area contributed by atoms with Gasteiger partial charge in [-0.05, 0) is 31.0 Å². The normalized spacial score (nSPS) is 12.6. The monoisotopic (exact) mass is 261 g/mol. The molecule has 102 valence electrons. The van der Waals surface area contributed by atoms with Crippen molar-refractivity contribution in [2.75, 3.05) is 12.8 Å². The van der Waals surface area contributed by atoms with E-state index in [9.17, 15) is 0 Å². The Morgan fingerprint density at radius 2 is 2.21 bits per heavy atom. The van der Waals surface area contributed by atoms with Gasteiger partial charge in [0.1, 0.15) is 6.10 Å². The summed E-state index contributed by atoms with van der Waals surface area (Å²) >= 11 is 0. The van der Waals surface area contributed by atoms with Crippen molar-refractivity contribution in [2.24, 2.45) is 0 Å². The van der Waals surface area contributed by atoms with E-state index in [2.05, 4.69) is 17.1 Å². The van der Waals surface area contributed by atoms with Crippen molar-refractivity contribution in [3.05, 3.63) is 29.6 Å². The third kappa shape index (κ3) is 2.93. The molecule has 0 aliphatic heterocycles. The van der Waals surface area contributed by atoms with E-state index in [0.717, 1.165) is 24.0 Å². The number of aromatic nitrogens is 2. The Balaban J connectivity index is 2.32. The summed E-state index contributed by atoms with van der Waals surface area (Å²) in [6, 6.07) is 5.63. The Morgan fingerprint density at radius 1 is 1.42 bits per heavy atom. The van der Waals surface area contributed by atoms with Gasteiger partial charge in [0.15, 0.2) is 0 Å². The van der Waals surface area contributed by atoms with Crippen LogP contribution in [-0.4, -0.2) is 17.3 Å². The highest BCUT2D eigenvalue weighted by atomic mass is 16.5. The van der Waals surface area contributed by atoms with E-state index in [1.807, 2.05) is 25.1 Å². The van der Waals surface area contributed by atoms with Crippen molar-refractivity contribution < 1.29 is 9.26 Å². The van der Waals surface area contributed by atoms with Crippen LogP contribution in [0.1, 0.15) is 37.3 Å². The molecule has 5 heteroatoms. The van der Waals surface area contributed by atoms with Gasteiger partial charge in [-0.25, -0.2) is 0 Å². The van der Waals surface area contributed by atoms with Gasteiger partial charge in [0, 0.05) is 18.4 Å². The summed E-state index contributed by atoms with van der Waals surface area (Å²) in [7, 11) is 1.65. The molecule has 1 aromatic heterocycles. The van der Waals surface area contributed by atoms with Gasteiger partial charge < -0.3 is 15.0 Å². The van der Waals surface area contributed by atoms with Crippen molar-refractivity contribution in [3.8, 4) is 11.5 Å². The largest absolute Gasteiger partial charge is 0.399 e. The molecule has 19 heavy (non-hydrogen) atoms. The smallest absolute Gasteiger partial charge is 0.258 e. The summed E-state index contributed by atoms with van der Waals surface area (Å²) in [5.74, 6) is 1.07. The average Bonchev–Trinajstić information content (AvgIpc) is 2.88. The Labute approximate surface area is 112 Å². The van der Waals surface area contributed by atoms with Gasteiger partial charge in [0.2, 0.25) is 5.82 Å². The molecular formula is C14H19N3O2. The highest BCUT2D eigenvalue weighted by molar-refractivity contribution is 5.63. The van der Waals surface area contributed by atoms with Crippen LogP contribution in [0.4, 0.5) is 5.69 Å². The number of anilines is 1. The van der Waals surface area contributed by atoms with Gasteiger partial charge in [-0.15, -0.1) is 0 Å². The summed E-state index contributed by atoms with van der Waals surface area (Å²) in [6.07, 6.45) is 1.74. The minimum absolute atomic E-state index is 0.121. The molecule has 0 spiro atoms. The van der Waals surface area contributed by atoms with E-state index >= 15 is 0 Å². The van der Waals surface area contributed by atoms with Crippen molar-refractivity contribution in [1.82, 2.24) is 10.1 Å². The summed E-state index contributed by atoms with van der Waals surface area (Å²) in [4.78, 5) is 4.41. The first-order chi connectivity index (χ1) is 9.15. The Morgan fingerprint density at radius 3 is 2.89 bits per heavy atom. The van der Waals surface area contributed by atoms with Gasteiger partial charge in [-0.3, -0.25) is 0 Å². The number of benzene rings is 1. The summed E-state index contributed by atoms with van der Waals surface area (Å²) < 4.78 is 10.7. The van der Waals surface area contributed by atoms with Crippen molar-refractivity contribution in [3.63, 3.8) is 0 Å². The third-order valence-corrected chi connectivity index (χ3v) is 3.06. The van der Waals surface area contributed by atoms with E-state index in [1.165, 1.54) is 0 Å². The number of hydrogen-bond acceptors (Lipinski definition) is 5. The molecule has 1 atom stereocenters. The van der Waals surface area contributed by atoms with Gasteiger partial charge in [-0.2, -0.15) is 4.98 Å². The van der Waals surface area contributed by atoms with E-state index in [0.29, 0.717) is 17.4 Å². The second-order valence-electron chi connectivity index (χ2n) is 4.55. The summed E-state index contributed by atoms with van der Waals surface area (Å²) in [5.41, 5.74) is 8.38. The van der Waals surface area contributed by atoms with Gasteiger partial charge in [-0.1, -0.05) is 24.6 Å². The predicted octanol–water partition coefficient (Wildman–Crippen LogP) is 3.11. The molecule has 0 saturated carbocycles. The molecule has 1 unspecified atom stereocenters. The molecule has 0 bridgehead atoms. The molecule has 5 nitrogen and oxygen atoms in total. The van der Waals surface area contributed by atoms with Crippen molar-refractivity contribution in [1.29, 1.82) is 0 Å². The quantitative estimate of drug-likeness (QED) is 0.837. The number of rotatable bonds is 5. The number of aryl methyl sites for hydroxylation is 1. The topological polar surface area (TPSA) is 74.2 Å². The molecule has 0 aliphatic rings. The highest BCUT2D eigenvalue weighted by Gasteiger charge is 2.18. The number of hydrogen-bond donors (Lipinski definition) is 1. The van der Waals surface area contributed by atoms with Crippen LogP contribution in [0.25, 0.3) is 11.5 Å². The summed E-state index contributed by atoms with van der Waals surface area (Å²) in [5, 5.41) is 4.00. The molecule has 0 amide bonds. The first-order valence-electron chi connectivity index (χ1n) is 6.38. The van der Waals surface area contributed by atoms with Crippen LogP contribution in [0.3, 0.4) is 0 Å². The first-order valence-corrected chi connectivity index (χ1v) is 6.38. The Kier molecular flexibility index (Phi) is 4.16. The minimum Gasteiger partial charge on any atom is -0.399 e. The van der Waals surface area contributed by atoms with Crippen LogP contribution < -0.4 is 5.73 Å². The lowest BCUT2D eigenvalue weighted by molar-refractivity contribution is 0.0854. The van der Waals surface area contributed by atoms with E-state index in [1.54, 1.807) is 7.11 Å². The van der Waals surface area contributed by atoms with Crippen molar-refractivity contribution in [2.45, 2.75) is 32.8 Å². The van der Waals surface area contributed by atoms with Gasteiger partial charge in [0.05, 0.1) is 0 Å². The highest BCUT2D eigenvalue weighted by Crippen LogP contribution is 2.26. The number of methoxy groups -OCH3 is 1. The van der Waals surface area contributed by atoms with Gasteiger partial charge in [0.25, 0.3) is 5.89 Å². The lowest BCUT2D eigenvalue weighted by atomic mass is 10.1. The molecule has 0 aliphatic carbocycles. The fourth-order valence-corrected chi connectivity index (χ4v) is 1.96. The first kappa shape index (κ1) is 13.5. The predicted molar refractivity (Wildman–Crippen MR) is 73.5 cm³/mol. The average molecular weight is 261 g/mol. The summed E-state index contributed by atoms with van der Waals surface area (Å²) in [6.45, 7) is 4.08. The standard InChI is InChI=1S/C14H19N3O2/c1-4-5-12(18-3)13-16-14(19-17-13)11-8-10(15)7-6-9(11)2/h6-8,12H,4-5,15H2,1-3H3. The molecule has 1 heterocycles. The second-order valence-corrected chi connectivity index (χ2v) is 4.55. The maximum atomic E-state index is 5.79. The van der Waals surface area contributed by atoms with Crippen LogP contribution in [-0.2, 0) is 4.74 Å². The molecule has 2 rings (SSSR count). The lowest BCUT2D eigenvalue weighted by Gasteiger charge is -2.08. The van der Waals surface area contributed by atoms with Crippen molar-refractivity contribution >= 4 is 5.69 Å². The van der Waals surface area contributed by atoms with Crippen LogP contribution in [0.2, 0.25) is 0 Å². The zero-order chi connectivity index (χ0) is 13.8. The number of nitrogens with zero attached hydrogens (tertiary/aromatic N) is 2. The van der Waals surface area contributed by atoms with Crippen LogP contribution in [0.5, 0.6) is 0 Å². The van der Waals surface area contributed by atoms with E-state index in [4.69, 9.17) is 15.0 Å². The minimum atomic E-state index is -0.121. The fourth-order valence-electron chi connectivity index (χ4n) is 1.96. The number of nitrogen functional groups attached to an aromatic ring is 1. The zero-order valence-electron chi connectivity index (χ0n) is 11.5. The third-order valence-electron chi connectivity index (χ3n) is 3.06. The maximum Gasteiger partial charge on any atom is 0.258 e. The van der Waals surface area contributed by atoms with Gasteiger partial charge >= 0.3 is 0 Å². The lowest BCUT2D eigenvalue weighted by Crippen LogP contribution is -2.03. The Bertz CT molecular complexity index is 551. The Hall–Kier alpha value is -1.88. The molecule has 1 aromatic carbocycles. The second kappa shape index (κ2) is 5.84. The maximum absolute atomic E-state index is 5.79. The van der Waals surface area contributed by atoms with Crippen LogP contribution in [0, 0.1) is 6.92 Å². The number of ether oxygens (including phenoxy) is 1. The SMILES string of the molecule is CCCC(OC)c1noc(-c2cc(N)ccc2C)n1.